The first-order valence-electron chi connectivity index (χ1n) is 4.58. The first-order valence-corrected chi connectivity index (χ1v) is 5.37. The zero-order valence-electron chi connectivity index (χ0n) is 8.97. The number of likely N-dealkylation sites (N-methyl/N-ethyl adjacent to an activating group) is 1. The molecule has 0 aliphatic rings. The Labute approximate surface area is 97.6 Å². The summed E-state index contributed by atoms with van der Waals surface area (Å²) in [6.45, 7) is 3.62. The molecule has 0 radical (unpaired) electrons. The molecule has 0 fully saturated rings. The van der Waals surface area contributed by atoms with E-state index in [1.807, 2.05) is 13.8 Å². The van der Waals surface area contributed by atoms with E-state index >= 15 is 0 Å². The summed E-state index contributed by atoms with van der Waals surface area (Å²) < 4.78 is 0.630. The van der Waals surface area contributed by atoms with Crippen LogP contribution in [0.1, 0.15) is 13.8 Å². The Morgan fingerprint density at radius 3 is 2.73 bits per heavy atom. The quantitative estimate of drug-likeness (QED) is 0.825. The Balaban J connectivity index is 2.80. The lowest BCUT2D eigenvalue weighted by molar-refractivity contribution is -0.121. The van der Waals surface area contributed by atoms with Gasteiger partial charge in [-0.05, 0) is 49.0 Å². The molecule has 1 heterocycles. The molecule has 2 N–H and O–H groups in total. The van der Waals surface area contributed by atoms with Crippen LogP contribution in [0.4, 0.5) is 5.69 Å². The van der Waals surface area contributed by atoms with Gasteiger partial charge in [-0.3, -0.25) is 4.79 Å². The summed E-state index contributed by atoms with van der Waals surface area (Å²) in [5, 5.41) is 5.72. The number of amides is 1. The van der Waals surface area contributed by atoms with Gasteiger partial charge >= 0.3 is 0 Å². The van der Waals surface area contributed by atoms with Crippen LogP contribution in [0, 0.1) is 0 Å². The van der Waals surface area contributed by atoms with Crippen LogP contribution in [-0.4, -0.2) is 23.5 Å². The molecule has 0 saturated heterocycles. The van der Waals surface area contributed by atoms with Crippen molar-refractivity contribution in [1.82, 2.24) is 10.3 Å². The number of hydrogen-bond acceptors (Lipinski definition) is 3. The summed E-state index contributed by atoms with van der Waals surface area (Å²) >= 11 is 3.27. The average molecular weight is 272 g/mol. The van der Waals surface area contributed by atoms with Crippen LogP contribution >= 0.6 is 15.9 Å². The number of halogens is 1. The standard InChI is InChI=1S/C10H14BrN3O/c1-10(2,12-3)9(15)14-7-5-4-6-13-8(7)11/h4-6,12H,1-3H3,(H,14,15). The molecule has 4 nitrogen and oxygen atoms in total. The van der Waals surface area contributed by atoms with Crippen molar-refractivity contribution in [3.63, 3.8) is 0 Å². The predicted octanol–water partition coefficient (Wildman–Crippen LogP) is 1.78. The minimum Gasteiger partial charge on any atom is -0.322 e. The lowest BCUT2D eigenvalue weighted by atomic mass is 10.1. The van der Waals surface area contributed by atoms with Crippen molar-refractivity contribution >= 4 is 27.5 Å². The third-order valence-corrected chi connectivity index (χ3v) is 2.83. The molecule has 0 spiro atoms. The summed E-state index contributed by atoms with van der Waals surface area (Å²) in [5.41, 5.74) is 0.0702. The molecule has 15 heavy (non-hydrogen) atoms. The molecule has 0 aromatic carbocycles. The SMILES string of the molecule is CNC(C)(C)C(=O)Nc1cccnc1Br. The van der Waals surface area contributed by atoms with Gasteiger partial charge in [-0.1, -0.05) is 0 Å². The number of nitrogens with zero attached hydrogens (tertiary/aromatic N) is 1. The largest absolute Gasteiger partial charge is 0.322 e. The molecule has 5 heteroatoms. The minimum atomic E-state index is -0.602. The number of anilines is 1. The highest BCUT2D eigenvalue weighted by Crippen LogP contribution is 2.19. The van der Waals surface area contributed by atoms with E-state index in [-0.39, 0.29) is 5.91 Å². The molecule has 1 rings (SSSR count). The van der Waals surface area contributed by atoms with Crippen molar-refractivity contribution in [3.8, 4) is 0 Å². The lowest BCUT2D eigenvalue weighted by Gasteiger charge is -2.22. The molecule has 0 bridgehead atoms. The second-order valence-electron chi connectivity index (χ2n) is 3.67. The molecule has 0 atom stereocenters. The normalized spacial score (nSPS) is 11.2. The van der Waals surface area contributed by atoms with Gasteiger partial charge < -0.3 is 10.6 Å². The van der Waals surface area contributed by atoms with Gasteiger partial charge in [0.15, 0.2) is 0 Å². The number of carbonyl (C=O) groups is 1. The monoisotopic (exact) mass is 271 g/mol. The van der Waals surface area contributed by atoms with Gasteiger partial charge in [0.1, 0.15) is 4.60 Å². The van der Waals surface area contributed by atoms with Crippen LogP contribution in [0.2, 0.25) is 0 Å². The van der Waals surface area contributed by atoms with E-state index in [0.717, 1.165) is 0 Å². The number of carbonyl (C=O) groups excluding carboxylic acids is 1. The number of nitrogens with one attached hydrogen (secondary N) is 2. The summed E-state index contributed by atoms with van der Waals surface area (Å²) in [6.07, 6.45) is 1.66. The lowest BCUT2D eigenvalue weighted by Crippen LogP contribution is -2.47. The maximum Gasteiger partial charge on any atom is 0.244 e. The highest BCUT2D eigenvalue weighted by Gasteiger charge is 2.25. The number of hydrogen-bond donors (Lipinski definition) is 2. The van der Waals surface area contributed by atoms with Crippen molar-refractivity contribution in [2.45, 2.75) is 19.4 Å². The maximum absolute atomic E-state index is 11.8. The molecule has 0 unspecified atom stereocenters. The zero-order valence-corrected chi connectivity index (χ0v) is 10.6. The highest BCUT2D eigenvalue weighted by atomic mass is 79.9. The molecule has 1 aromatic heterocycles. The molecular weight excluding hydrogens is 258 g/mol. The van der Waals surface area contributed by atoms with Crippen molar-refractivity contribution in [2.75, 3.05) is 12.4 Å². The van der Waals surface area contributed by atoms with Crippen LogP contribution in [-0.2, 0) is 4.79 Å². The van der Waals surface area contributed by atoms with E-state index in [1.54, 1.807) is 25.4 Å². The van der Waals surface area contributed by atoms with Crippen molar-refractivity contribution in [2.24, 2.45) is 0 Å². The van der Waals surface area contributed by atoms with Gasteiger partial charge in [-0.25, -0.2) is 4.98 Å². The number of aromatic nitrogens is 1. The minimum absolute atomic E-state index is 0.0984. The fourth-order valence-electron chi connectivity index (χ4n) is 0.871. The van der Waals surface area contributed by atoms with Crippen molar-refractivity contribution in [1.29, 1.82) is 0 Å². The Hall–Kier alpha value is -0.940. The predicted molar refractivity (Wildman–Crippen MR) is 63.7 cm³/mol. The third-order valence-electron chi connectivity index (χ3n) is 2.20. The Kier molecular flexibility index (Phi) is 3.82. The topological polar surface area (TPSA) is 54.0 Å². The maximum atomic E-state index is 11.8. The highest BCUT2D eigenvalue weighted by molar-refractivity contribution is 9.10. The molecule has 0 saturated carbocycles. The van der Waals surface area contributed by atoms with E-state index in [1.165, 1.54) is 0 Å². The Morgan fingerprint density at radius 2 is 2.20 bits per heavy atom. The second-order valence-corrected chi connectivity index (χ2v) is 4.42. The van der Waals surface area contributed by atoms with Crippen LogP contribution in [0.3, 0.4) is 0 Å². The van der Waals surface area contributed by atoms with Gasteiger partial charge in [0.05, 0.1) is 11.2 Å². The van der Waals surface area contributed by atoms with Gasteiger partial charge in [0, 0.05) is 6.20 Å². The Morgan fingerprint density at radius 1 is 1.53 bits per heavy atom. The first-order chi connectivity index (χ1) is 6.97. The second kappa shape index (κ2) is 4.72. The molecule has 82 valence electrons. The van der Waals surface area contributed by atoms with Gasteiger partial charge in [-0.15, -0.1) is 0 Å². The van der Waals surface area contributed by atoms with E-state index < -0.39 is 5.54 Å². The number of rotatable bonds is 3. The summed E-state index contributed by atoms with van der Waals surface area (Å²) in [4.78, 5) is 15.8. The van der Waals surface area contributed by atoms with Gasteiger partial charge in [0.25, 0.3) is 0 Å². The average Bonchev–Trinajstić information content (AvgIpc) is 2.21. The fourth-order valence-corrected chi connectivity index (χ4v) is 1.22. The zero-order chi connectivity index (χ0) is 11.5. The van der Waals surface area contributed by atoms with Crippen LogP contribution in [0.5, 0.6) is 0 Å². The molecule has 1 aromatic rings. The van der Waals surface area contributed by atoms with Crippen molar-refractivity contribution in [3.05, 3.63) is 22.9 Å². The summed E-state index contributed by atoms with van der Waals surface area (Å²) in [7, 11) is 1.75. The molecule has 0 aliphatic carbocycles. The van der Waals surface area contributed by atoms with Crippen LogP contribution < -0.4 is 10.6 Å². The van der Waals surface area contributed by atoms with E-state index in [4.69, 9.17) is 0 Å². The smallest absolute Gasteiger partial charge is 0.244 e. The van der Waals surface area contributed by atoms with Gasteiger partial charge in [0.2, 0.25) is 5.91 Å². The Bertz CT molecular complexity index is 365. The van der Waals surface area contributed by atoms with Crippen LogP contribution in [0.25, 0.3) is 0 Å². The summed E-state index contributed by atoms with van der Waals surface area (Å²) in [5.74, 6) is -0.0984. The van der Waals surface area contributed by atoms with Gasteiger partial charge in [-0.2, -0.15) is 0 Å². The van der Waals surface area contributed by atoms with E-state index in [2.05, 4.69) is 31.5 Å². The van der Waals surface area contributed by atoms with E-state index in [0.29, 0.717) is 10.3 Å². The fraction of sp³-hybridized carbons (Fsp3) is 0.400. The van der Waals surface area contributed by atoms with E-state index in [9.17, 15) is 4.79 Å². The number of pyridine rings is 1. The first kappa shape index (κ1) is 12.1. The van der Waals surface area contributed by atoms with Crippen LogP contribution in [0.15, 0.2) is 22.9 Å². The van der Waals surface area contributed by atoms with Crippen molar-refractivity contribution < 1.29 is 4.79 Å². The molecule has 1 amide bonds. The molecule has 0 aliphatic heterocycles. The molecular formula is C10H14BrN3O. The summed E-state index contributed by atoms with van der Waals surface area (Å²) in [6, 6.07) is 3.56. The third kappa shape index (κ3) is 3.00.